The van der Waals surface area contributed by atoms with Crippen LogP contribution >= 0.6 is 34.9 Å². The molecule has 0 aromatic carbocycles. The molecule has 0 saturated carbocycles. The van der Waals surface area contributed by atoms with Crippen LogP contribution in [-0.2, 0) is 14.4 Å². The Kier molecular flexibility index (Phi) is 8.53. The molecule has 3 amide bonds. The number of nitrogens with one attached hydrogen (secondary N) is 1. The number of piperazine rings is 1. The zero-order valence-corrected chi connectivity index (χ0v) is 18.7. The number of carbonyl (C=O) groups excluding carboxylic acids is 3. The lowest BCUT2D eigenvalue weighted by atomic mass is 10.1. The summed E-state index contributed by atoms with van der Waals surface area (Å²) in [6, 6.07) is 0. The van der Waals surface area contributed by atoms with E-state index >= 15 is 0 Å². The summed E-state index contributed by atoms with van der Waals surface area (Å²) in [4.78, 5) is 39.1. The fourth-order valence-electron chi connectivity index (χ4n) is 2.48. The van der Waals surface area contributed by atoms with Gasteiger partial charge in [0.05, 0.1) is 18.1 Å². The van der Waals surface area contributed by atoms with Crippen LogP contribution in [0.1, 0.15) is 20.8 Å². The number of nitrogens with two attached hydrogens (primary N) is 1. The molecule has 0 bridgehead atoms. The second kappa shape index (κ2) is 10.4. The first-order chi connectivity index (χ1) is 13.1. The van der Waals surface area contributed by atoms with E-state index in [0.717, 1.165) is 0 Å². The van der Waals surface area contributed by atoms with Gasteiger partial charge in [0, 0.05) is 31.7 Å². The summed E-state index contributed by atoms with van der Waals surface area (Å²) in [6.07, 6.45) is 0. The molecule has 0 spiro atoms. The van der Waals surface area contributed by atoms with E-state index in [1.807, 2.05) is 25.7 Å². The highest BCUT2D eigenvalue weighted by molar-refractivity contribution is 8.03. The minimum Gasteiger partial charge on any atom is -0.369 e. The molecule has 0 radical (unpaired) electrons. The van der Waals surface area contributed by atoms with Crippen molar-refractivity contribution in [2.75, 3.05) is 44.2 Å². The summed E-state index contributed by atoms with van der Waals surface area (Å²) in [5.41, 5.74) is 4.87. The lowest BCUT2D eigenvalue weighted by Gasteiger charge is -2.34. The molecule has 28 heavy (non-hydrogen) atoms. The summed E-state index contributed by atoms with van der Waals surface area (Å²) in [5.74, 6) is 0.102. The Balaban J connectivity index is 1.69. The van der Waals surface area contributed by atoms with Crippen molar-refractivity contribution in [3.8, 4) is 0 Å². The number of nitrogens with zero attached hydrogens (tertiary/aromatic N) is 4. The van der Waals surface area contributed by atoms with Crippen LogP contribution in [0.15, 0.2) is 8.68 Å². The summed E-state index contributed by atoms with van der Waals surface area (Å²) in [6.45, 7) is 8.80. The summed E-state index contributed by atoms with van der Waals surface area (Å²) >= 11 is 3.93. The summed E-state index contributed by atoms with van der Waals surface area (Å²) < 4.78 is 1.36. The Labute approximate surface area is 177 Å². The molecule has 1 aliphatic heterocycles. The van der Waals surface area contributed by atoms with E-state index in [1.165, 1.54) is 34.9 Å². The van der Waals surface area contributed by atoms with E-state index in [1.54, 1.807) is 0 Å². The van der Waals surface area contributed by atoms with Gasteiger partial charge in [-0.2, -0.15) is 0 Å². The molecule has 0 unspecified atom stereocenters. The van der Waals surface area contributed by atoms with Crippen molar-refractivity contribution in [3.63, 3.8) is 0 Å². The average molecular weight is 447 g/mol. The second-order valence-corrected chi connectivity index (χ2v) is 10.8. The highest BCUT2D eigenvalue weighted by atomic mass is 32.2. The predicted molar refractivity (Wildman–Crippen MR) is 111 cm³/mol. The number of hydrogen-bond acceptors (Lipinski definition) is 9. The maximum absolute atomic E-state index is 12.4. The molecule has 156 valence electrons. The zero-order chi connectivity index (χ0) is 20.7. The topological polar surface area (TPSA) is 122 Å². The van der Waals surface area contributed by atoms with E-state index in [2.05, 4.69) is 20.4 Å². The van der Waals surface area contributed by atoms with Gasteiger partial charge in [0.15, 0.2) is 8.68 Å². The number of carbonyl (C=O) groups is 3. The molecule has 9 nitrogen and oxygen atoms in total. The van der Waals surface area contributed by atoms with Crippen LogP contribution in [0.3, 0.4) is 0 Å². The first-order valence-electron chi connectivity index (χ1n) is 8.81. The van der Waals surface area contributed by atoms with Crippen molar-refractivity contribution >= 4 is 52.6 Å². The normalized spacial score (nSPS) is 15.5. The van der Waals surface area contributed by atoms with Crippen molar-refractivity contribution in [3.05, 3.63) is 0 Å². The van der Waals surface area contributed by atoms with Crippen LogP contribution in [0.25, 0.3) is 0 Å². The molecule has 2 heterocycles. The smallest absolute Gasteiger partial charge is 0.234 e. The van der Waals surface area contributed by atoms with Crippen LogP contribution in [-0.4, -0.2) is 87.5 Å². The minimum atomic E-state index is -0.403. The Morgan fingerprint density at radius 1 is 1.07 bits per heavy atom. The number of rotatable bonds is 8. The van der Waals surface area contributed by atoms with Gasteiger partial charge in [-0.1, -0.05) is 34.9 Å². The van der Waals surface area contributed by atoms with E-state index in [-0.39, 0.29) is 23.1 Å². The van der Waals surface area contributed by atoms with Gasteiger partial charge in [-0.25, -0.2) is 0 Å². The molecular weight excluding hydrogens is 420 g/mol. The first-order valence-corrected chi connectivity index (χ1v) is 11.6. The molecule has 12 heteroatoms. The highest BCUT2D eigenvalue weighted by Crippen LogP contribution is 2.28. The van der Waals surface area contributed by atoms with Gasteiger partial charge in [0.2, 0.25) is 17.7 Å². The van der Waals surface area contributed by atoms with Gasteiger partial charge in [-0.3, -0.25) is 19.3 Å². The summed E-state index contributed by atoms with van der Waals surface area (Å²) in [5, 5.41) is 10.9. The molecule has 0 aliphatic carbocycles. The van der Waals surface area contributed by atoms with Crippen molar-refractivity contribution in [1.82, 2.24) is 25.3 Å². The van der Waals surface area contributed by atoms with Crippen LogP contribution in [0.5, 0.6) is 0 Å². The zero-order valence-electron chi connectivity index (χ0n) is 16.3. The molecule has 1 fully saturated rings. The molecule has 2 rings (SSSR count). The Morgan fingerprint density at radius 2 is 1.64 bits per heavy atom. The number of aromatic nitrogens is 2. The Bertz CT molecular complexity index is 698. The summed E-state index contributed by atoms with van der Waals surface area (Å²) in [7, 11) is 0. The minimum absolute atomic E-state index is 0.00381. The monoisotopic (exact) mass is 446 g/mol. The number of primary amides is 1. The van der Waals surface area contributed by atoms with Gasteiger partial charge >= 0.3 is 0 Å². The van der Waals surface area contributed by atoms with Gasteiger partial charge in [0.25, 0.3) is 0 Å². The molecule has 0 atom stereocenters. The average Bonchev–Trinajstić information content (AvgIpc) is 3.05. The maximum Gasteiger partial charge on any atom is 0.234 e. The van der Waals surface area contributed by atoms with Crippen LogP contribution in [0.4, 0.5) is 0 Å². The number of hydrogen-bond donors (Lipinski definition) is 2. The number of amides is 3. The van der Waals surface area contributed by atoms with Crippen LogP contribution in [0, 0.1) is 0 Å². The lowest BCUT2D eigenvalue weighted by molar-refractivity contribution is -0.130. The lowest BCUT2D eigenvalue weighted by Crippen LogP contribution is -2.53. The Morgan fingerprint density at radius 3 is 2.18 bits per heavy atom. The van der Waals surface area contributed by atoms with Crippen LogP contribution < -0.4 is 11.1 Å². The molecule has 1 aromatic rings. The number of thioether (sulfide) groups is 2. The van der Waals surface area contributed by atoms with Gasteiger partial charge in [0.1, 0.15) is 0 Å². The molecular formula is C16H26N6O3S3. The third-order valence-electron chi connectivity index (χ3n) is 3.65. The largest absolute Gasteiger partial charge is 0.369 e. The molecule has 1 aromatic heterocycles. The molecule has 1 aliphatic rings. The second-order valence-electron chi connectivity index (χ2n) is 7.33. The molecule has 1 saturated heterocycles. The van der Waals surface area contributed by atoms with Crippen molar-refractivity contribution < 1.29 is 14.4 Å². The Hall–Kier alpha value is -1.37. The van der Waals surface area contributed by atoms with Crippen molar-refractivity contribution in [2.24, 2.45) is 5.73 Å². The predicted octanol–water partition coefficient (Wildman–Crippen LogP) is 0.267. The SMILES string of the molecule is CC(C)(C)NC(=O)CN1CCN(C(=O)CSc2nnc(SCC(N)=O)s2)CC1. The van der Waals surface area contributed by atoms with E-state index in [0.29, 0.717) is 47.2 Å². The van der Waals surface area contributed by atoms with E-state index < -0.39 is 5.91 Å². The standard InChI is InChI=1S/C16H26N6O3S3/c1-16(2,3)18-12(24)8-21-4-6-22(7-5-21)13(25)10-27-15-20-19-14(28-15)26-9-11(17)23/h4-10H2,1-3H3,(H2,17,23)(H,18,24). The van der Waals surface area contributed by atoms with Crippen molar-refractivity contribution in [2.45, 2.75) is 35.0 Å². The van der Waals surface area contributed by atoms with Gasteiger partial charge in [-0.15, -0.1) is 10.2 Å². The third-order valence-corrected chi connectivity index (χ3v) is 6.85. The fraction of sp³-hybridized carbons (Fsp3) is 0.688. The third kappa shape index (κ3) is 8.33. The van der Waals surface area contributed by atoms with Crippen LogP contribution in [0.2, 0.25) is 0 Å². The first kappa shape index (κ1) is 22.9. The molecule has 3 N–H and O–H groups in total. The highest BCUT2D eigenvalue weighted by Gasteiger charge is 2.24. The fourth-order valence-corrected chi connectivity index (χ4v) is 5.14. The van der Waals surface area contributed by atoms with Gasteiger partial charge < -0.3 is 16.0 Å². The van der Waals surface area contributed by atoms with E-state index in [4.69, 9.17) is 5.73 Å². The van der Waals surface area contributed by atoms with E-state index in [9.17, 15) is 14.4 Å². The van der Waals surface area contributed by atoms with Crippen molar-refractivity contribution in [1.29, 1.82) is 0 Å². The maximum atomic E-state index is 12.4. The van der Waals surface area contributed by atoms with Gasteiger partial charge in [-0.05, 0) is 20.8 Å². The quantitative estimate of drug-likeness (QED) is 0.546.